The number of rotatable bonds is 5. The highest BCUT2D eigenvalue weighted by Gasteiger charge is 2.11. The number of non-ortho nitro benzene ring substituents is 2. The minimum absolute atomic E-state index is 0.274. The lowest BCUT2D eigenvalue weighted by Crippen LogP contribution is -1.94. The molecule has 0 aliphatic rings. The fourth-order valence-electron chi connectivity index (χ4n) is 2.37. The average molecular weight is 344 g/mol. The summed E-state index contributed by atoms with van der Waals surface area (Å²) in [6.45, 7) is 8.90. The second-order valence-corrected chi connectivity index (χ2v) is 5.93. The number of nitro benzene ring substituents is 2. The van der Waals surface area contributed by atoms with Gasteiger partial charge in [-0.15, -0.1) is 0 Å². The van der Waals surface area contributed by atoms with Gasteiger partial charge in [0.2, 0.25) is 0 Å². The van der Waals surface area contributed by atoms with Crippen molar-refractivity contribution in [1.82, 2.24) is 0 Å². The molecule has 0 fully saturated rings. The number of benzene rings is 2. The summed E-state index contributed by atoms with van der Waals surface area (Å²) in [4.78, 5) is 19.0. The van der Waals surface area contributed by atoms with E-state index in [1.165, 1.54) is 59.7 Å². The highest BCUT2D eigenvalue weighted by atomic mass is 16.6. The molecule has 0 amide bonds. The zero-order valence-electron chi connectivity index (χ0n) is 15.1. The van der Waals surface area contributed by atoms with E-state index in [1.807, 2.05) is 0 Å². The quantitative estimate of drug-likeness (QED) is 0.532. The van der Waals surface area contributed by atoms with Crippen LogP contribution in [0.25, 0.3) is 0 Å². The minimum Gasteiger partial charge on any atom is -0.258 e. The van der Waals surface area contributed by atoms with Gasteiger partial charge in [-0.1, -0.05) is 25.5 Å². The summed E-state index contributed by atoms with van der Waals surface area (Å²) in [5.74, 6) is 0. The van der Waals surface area contributed by atoms with Gasteiger partial charge in [0.1, 0.15) is 0 Å². The minimum atomic E-state index is -0.674. The Labute approximate surface area is 147 Å². The molecule has 0 N–H and O–H groups in total. The van der Waals surface area contributed by atoms with E-state index in [4.69, 9.17) is 0 Å². The first-order chi connectivity index (χ1) is 11.8. The molecule has 6 nitrogen and oxygen atoms in total. The van der Waals surface area contributed by atoms with Crippen molar-refractivity contribution < 1.29 is 9.85 Å². The zero-order chi connectivity index (χ0) is 19.0. The van der Waals surface area contributed by atoms with Crippen LogP contribution in [0.3, 0.4) is 0 Å². The Hall–Kier alpha value is -2.76. The third-order valence-corrected chi connectivity index (χ3v) is 4.22. The van der Waals surface area contributed by atoms with E-state index < -0.39 is 9.85 Å². The monoisotopic (exact) mass is 344 g/mol. The summed E-state index contributed by atoms with van der Waals surface area (Å²) in [6.07, 6.45) is 3.83. The fourth-order valence-corrected chi connectivity index (χ4v) is 2.37. The van der Waals surface area contributed by atoms with Crippen LogP contribution >= 0.6 is 0 Å². The Balaban J connectivity index is 0.000000251. The van der Waals surface area contributed by atoms with Gasteiger partial charge in [-0.3, -0.25) is 20.2 Å². The van der Waals surface area contributed by atoms with E-state index in [1.54, 1.807) is 0 Å². The molecule has 25 heavy (non-hydrogen) atoms. The molecule has 134 valence electrons. The van der Waals surface area contributed by atoms with Crippen molar-refractivity contribution in [3.63, 3.8) is 0 Å². The first-order valence-electron chi connectivity index (χ1n) is 8.22. The molecule has 0 aliphatic heterocycles. The molecule has 0 unspecified atom stereocenters. The lowest BCUT2D eigenvalue weighted by atomic mass is 9.96. The number of unbranched alkanes of at least 4 members (excludes halogenated alkanes) is 1. The van der Waals surface area contributed by atoms with Gasteiger partial charge in [0.15, 0.2) is 0 Å². The first-order valence-corrected chi connectivity index (χ1v) is 8.22. The fraction of sp³-hybridized carbons (Fsp3) is 0.368. The van der Waals surface area contributed by atoms with Crippen LogP contribution < -0.4 is 0 Å². The Morgan fingerprint density at radius 1 is 0.880 bits per heavy atom. The van der Waals surface area contributed by atoms with E-state index in [0.717, 1.165) is 6.07 Å². The first kappa shape index (κ1) is 20.3. The Bertz CT molecular complexity index is 728. The van der Waals surface area contributed by atoms with Crippen molar-refractivity contribution in [1.29, 1.82) is 0 Å². The highest BCUT2D eigenvalue weighted by Crippen LogP contribution is 2.19. The van der Waals surface area contributed by atoms with Gasteiger partial charge < -0.3 is 0 Å². The molecular formula is C19H24N2O4. The van der Waals surface area contributed by atoms with Gasteiger partial charge in [0, 0.05) is 12.1 Å². The smallest absolute Gasteiger partial charge is 0.258 e. The van der Waals surface area contributed by atoms with Crippen LogP contribution in [-0.2, 0) is 6.42 Å². The SMILES string of the molecule is CCCCc1ccc(C)c(C)c1C.O=[N+]([O-])c1cccc([N+](=O)[O-])c1. The number of nitro groups is 2. The molecule has 0 spiro atoms. The number of hydrogen-bond donors (Lipinski definition) is 0. The zero-order valence-corrected chi connectivity index (χ0v) is 15.1. The lowest BCUT2D eigenvalue weighted by molar-refractivity contribution is -0.394. The maximum Gasteiger partial charge on any atom is 0.276 e. The lowest BCUT2D eigenvalue weighted by Gasteiger charge is -2.10. The molecule has 0 radical (unpaired) electrons. The number of hydrogen-bond acceptors (Lipinski definition) is 4. The van der Waals surface area contributed by atoms with Crippen molar-refractivity contribution >= 4 is 11.4 Å². The molecule has 0 bridgehead atoms. The summed E-state index contributed by atoms with van der Waals surface area (Å²) >= 11 is 0. The molecule has 0 aromatic heterocycles. The molecule has 6 heteroatoms. The van der Waals surface area contributed by atoms with Crippen LogP contribution in [0.4, 0.5) is 11.4 Å². The van der Waals surface area contributed by atoms with Crippen molar-refractivity contribution in [2.45, 2.75) is 47.0 Å². The molecule has 2 aromatic rings. The van der Waals surface area contributed by atoms with Gasteiger partial charge in [0.25, 0.3) is 11.4 Å². The van der Waals surface area contributed by atoms with Crippen molar-refractivity contribution in [3.8, 4) is 0 Å². The predicted molar refractivity (Wildman–Crippen MR) is 99.0 cm³/mol. The molecule has 0 saturated heterocycles. The average Bonchev–Trinajstić information content (AvgIpc) is 2.60. The summed E-state index contributed by atoms with van der Waals surface area (Å²) in [5.41, 5.74) is 5.36. The Morgan fingerprint density at radius 2 is 1.44 bits per heavy atom. The summed E-state index contributed by atoms with van der Waals surface area (Å²) in [5, 5.41) is 20.3. The summed E-state index contributed by atoms with van der Waals surface area (Å²) in [7, 11) is 0. The van der Waals surface area contributed by atoms with E-state index in [-0.39, 0.29) is 11.4 Å². The Kier molecular flexibility index (Phi) is 7.72. The van der Waals surface area contributed by atoms with Crippen molar-refractivity contribution in [2.24, 2.45) is 0 Å². The maximum atomic E-state index is 10.2. The van der Waals surface area contributed by atoms with Crippen LogP contribution in [-0.4, -0.2) is 9.85 Å². The third kappa shape index (κ3) is 5.99. The van der Waals surface area contributed by atoms with E-state index >= 15 is 0 Å². The molecule has 0 heterocycles. The summed E-state index contributed by atoms with van der Waals surface area (Å²) < 4.78 is 0. The van der Waals surface area contributed by atoms with Gasteiger partial charge in [-0.05, 0) is 61.9 Å². The molecule has 2 aromatic carbocycles. The van der Waals surface area contributed by atoms with Gasteiger partial charge >= 0.3 is 0 Å². The van der Waals surface area contributed by atoms with E-state index in [0.29, 0.717) is 0 Å². The van der Waals surface area contributed by atoms with Crippen molar-refractivity contribution in [2.75, 3.05) is 0 Å². The van der Waals surface area contributed by atoms with Crippen LogP contribution in [0.1, 0.15) is 42.0 Å². The highest BCUT2D eigenvalue weighted by molar-refractivity contribution is 5.42. The van der Waals surface area contributed by atoms with Gasteiger partial charge in [0.05, 0.1) is 15.9 Å². The van der Waals surface area contributed by atoms with E-state index in [9.17, 15) is 20.2 Å². The summed E-state index contributed by atoms with van der Waals surface area (Å²) in [6, 6.07) is 9.12. The molecule has 0 atom stereocenters. The standard InChI is InChI=1S/C13H20.C6H4N2O4/c1-5-6-7-13-9-8-10(2)11(3)12(13)4;9-7(10)5-2-1-3-6(4-5)8(11)12/h8-9H,5-7H2,1-4H3;1-4H. The molecule has 0 aliphatic carbocycles. The van der Waals surface area contributed by atoms with Gasteiger partial charge in [-0.2, -0.15) is 0 Å². The largest absolute Gasteiger partial charge is 0.276 e. The third-order valence-electron chi connectivity index (χ3n) is 4.22. The predicted octanol–water partition coefficient (Wildman–Crippen LogP) is 5.46. The second-order valence-electron chi connectivity index (χ2n) is 5.93. The molecule has 2 rings (SSSR count). The van der Waals surface area contributed by atoms with Crippen LogP contribution in [0, 0.1) is 41.0 Å². The molecule has 0 saturated carbocycles. The van der Waals surface area contributed by atoms with Crippen LogP contribution in [0.2, 0.25) is 0 Å². The maximum absolute atomic E-state index is 10.2. The normalized spacial score (nSPS) is 9.92. The van der Waals surface area contributed by atoms with Gasteiger partial charge in [-0.25, -0.2) is 0 Å². The second kappa shape index (κ2) is 9.52. The van der Waals surface area contributed by atoms with Crippen molar-refractivity contribution in [3.05, 3.63) is 78.9 Å². The topological polar surface area (TPSA) is 86.3 Å². The van der Waals surface area contributed by atoms with E-state index in [2.05, 4.69) is 39.8 Å². The Morgan fingerprint density at radius 3 is 1.92 bits per heavy atom. The number of nitrogens with zero attached hydrogens (tertiary/aromatic N) is 2. The number of aryl methyl sites for hydroxylation is 2. The van der Waals surface area contributed by atoms with Crippen LogP contribution in [0.5, 0.6) is 0 Å². The van der Waals surface area contributed by atoms with Crippen LogP contribution in [0.15, 0.2) is 36.4 Å². The molecular weight excluding hydrogens is 320 g/mol.